The van der Waals surface area contributed by atoms with Crippen molar-refractivity contribution in [1.29, 1.82) is 0 Å². The summed E-state index contributed by atoms with van der Waals surface area (Å²) in [6, 6.07) is 55.1. The first kappa shape index (κ1) is 33.9. The Morgan fingerprint density at radius 1 is 0.382 bits per heavy atom. The maximum Gasteiger partial charge on any atom is 0.131 e. The highest BCUT2D eigenvalue weighted by atomic mass is 16.5. The van der Waals surface area contributed by atoms with E-state index >= 15 is 0 Å². The van der Waals surface area contributed by atoms with Crippen molar-refractivity contribution in [3.8, 4) is 56.0 Å². The first-order valence-electron chi connectivity index (χ1n) is 19.8. The summed E-state index contributed by atoms with van der Waals surface area (Å²) in [6.07, 6.45) is 0. The van der Waals surface area contributed by atoms with E-state index in [1.54, 1.807) is 0 Å². The molecule has 0 fully saturated rings. The number of hydrogen-bond acceptors (Lipinski definition) is 1. The third-order valence-electron chi connectivity index (χ3n) is 12.9. The molecular weight excluding hydrogens is 665 g/mol. The van der Waals surface area contributed by atoms with Gasteiger partial charge in [-0.2, -0.15) is 0 Å². The lowest BCUT2D eigenvalue weighted by Gasteiger charge is -2.34. The number of benzene rings is 7. The van der Waals surface area contributed by atoms with Gasteiger partial charge in [-0.05, 0) is 107 Å². The molecule has 1 spiro atoms. The predicted molar refractivity (Wildman–Crippen MR) is 230 cm³/mol. The van der Waals surface area contributed by atoms with Crippen LogP contribution in [0.5, 0.6) is 11.5 Å². The van der Waals surface area contributed by atoms with Crippen molar-refractivity contribution in [3.63, 3.8) is 0 Å². The minimum atomic E-state index is -0.411. The van der Waals surface area contributed by atoms with Crippen LogP contribution in [-0.4, -0.2) is 0 Å². The molecule has 1 nitrogen and oxygen atoms in total. The fourth-order valence-corrected chi connectivity index (χ4v) is 9.87. The van der Waals surface area contributed by atoms with Gasteiger partial charge in [0, 0.05) is 16.5 Å². The number of hydrogen-bond donors (Lipinski definition) is 0. The summed E-state index contributed by atoms with van der Waals surface area (Å²) in [5, 5.41) is 0. The van der Waals surface area contributed by atoms with Crippen LogP contribution in [0, 0.1) is 0 Å². The zero-order chi connectivity index (χ0) is 38.1. The Hall–Kier alpha value is -5.66. The van der Waals surface area contributed by atoms with Crippen LogP contribution in [-0.2, 0) is 21.7 Å². The van der Waals surface area contributed by atoms with Crippen molar-refractivity contribution in [2.24, 2.45) is 0 Å². The Morgan fingerprint density at radius 3 is 1.56 bits per heavy atom. The van der Waals surface area contributed by atoms with Crippen molar-refractivity contribution in [3.05, 3.63) is 190 Å². The molecule has 1 aliphatic heterocycles. The van der Waals surface area contributed by atoms with E-state index in [1.807, 2.05) is 6.07 Å². The summed E-state index contributed by atoms with van der Waals surface area (Å²) >= 11 is 0. The van der Waals surface area contributed by atoms with Gasteiger partial charge in [0.15, 0.2) is 0 Å². The summed E-state index contributed by atoms with van der Waals surface area (Å²) in [7, 11) is 0. The van der Waals surface area contributed by atoms with Gasteiger partial charge in [-0.1, -0.05) is 183 Å². The number of rotatable bonds is 2. The third-order valence-corrected chi connectivity index (χ3v) is 12.9. The number of ether oxygens (including phenoxy) is 1. The van der Waals surface area contributed by atoms with Crippen molar-refractivity contribution in [2.45, 2.75) is 77.0 Å². The van der Waals surface area contributed by atoms with E-state index in [0.29, 0.717) is 0 Å². The SMILES string of the molecule is CC(C)(C)c1ccc2c(c1)C1(c3cc(C(C)(C)C)ccc3-2)c2ccccc2-c2c(-c3ccc(-c4ccc5c(c4)C(C)(C)c4ccccc4O5)cc3)cccc21. The van der Waals surface area contributed by atoms with Crippen LogP contribution in [0.1, 0.15) is 99.9 Å². The lowest BCUT2D eigenvalue weighted by molar-refractivity contribution is 0.418. The normalized spacial score (nSPS) is 15.3. The zero-order valence-corrected chi connectivity index (χ0v) is 33.3. The molecule has 1 heteroatoms. The second-order valence-electron chi connectivity index (χ2n) is 18.6. The van der Waals surface area contributed by atoms with E-state index in [2.05, 4.69) is 195 Å². The Kier molecular flexibility index (Phi) is 7.04. The highest BCUT2D eigenvalue weighted by Crippen LogP contribution is 2.64. The molecule has 3 aliphatic rings. The average Bonchev–Trinajstić information content (AvgIpc) is 3.64. The fourth-order valence-electron chi connectivity index (χ4n) is 9.87. The quantitative estimate of drug-likeness (QED) is 0.173. The van der Waals surface area contributed by atoms with Crippen molar-refractivity contribution in [1.82, 2.24) is 0 Å². The summed E-state index contributed by atoms with van der Waals surface area (Å²) in [5.74, 6) is 1.89. The first-order valence-corrected chi connectivity index (χ1v) is 19.8. The van der Waals surface area contributed by atoms with Crippen molar-refractivity contribution >= 4 is 0 Å². The van der Waals surface area contributed by atoms with Gasteiger partial charge in [0.1, 0.15) is 11.5 Å². The fraction of sp³-hybridized carbons (Fsp3) is 0.222. The van der Waals surface area contributed by atoms with E-state index < -0.39 is 5.41 Å². The van der Waals surface area contributed by atoms with Gasteiger partial charge in [0.2, 0.25) is 0 Å². The molecule has 7 aromatic rings. The van der Waals surface area contributed by atoms with Gasteiger partial charge in [-0.3, -0.25) is 0 Å². The van der Waals surface area contributed by atoms with Crippen LogP contribution >= 0.6 is 0 Å². The van der Waals surface area contributed by atoms with E-state index in [-0.39, 0.29) is 16.2 Å². The molecule has 10 rings (SSSR count). The molecule has 0 N–H and O–H groups in total. The van der Waals surface area contributed by atoms with E-state index in [9.17, 15) is 0 Å². The minimum Gasteiger partial charge on any atom is -0.457 e. The van der Waals surface area contributed by atoms with Crippen LogP contribution in [0.3, 0.4) is 0 Å². The number of fused-ring (bicyclic) bond motifs is 12. The van der Waals surface area contributed by atoms with Crippen LogP contribution in [0.4, 0.5) is 0 Å². The van der Waals surface area contributed by atoms with Gasteiger partial charge in [-0.25, -0.2) is 0 Å². The van der Waals surface area contributed by atoms with Crippen LogP contribution in [0.2, 0.25) is 0 Å². The van der Waals surface area contributed by atoms with Crippen molar-refractivity contribution in [2.75, 3.05) is 0 Å². The smallest absolute Gasteiger partial charge is 0.131 e. The Labute approximate surface area is 326 Å². The van der Waals surface area contributed by atoms with Gasteiger partial charge in [0.25, 0.3) is 0 Å². The number of para-hydroxylation sites is 1. The van der Waals surface area contributed by atoms with Gasteiger partial charge < -0.3 is 4.74 Å². The highest BCUT2D eigenvalue weighted by Gasteiger charge is 2.52. The van der Waals surface area contributed by atoms with Crippen LogP contribution < -0.4 is 4.74 Å². The molecule has 0 aromatic heterocycles. The summed E-state index contributed by atoms with van der Waals surface area (Å²) in [6.45, 7) is 18.6. The maximum atomic E-state index is 6.38. The Bertz CT molecular complexity index is 2640. The van der Waals surface area contributed by atoms with E-state index in [0.717, 1.165) is 11.5 Å². The molecule has 270 valence electrons. The molecule has 0 atom stereocenters. The van der Waals surface area contributed by atoms with E-state index in [1.165, 1.54) is 89.0 Å². The van der Waals surface area contributed by atoms with Gasteiger partial charge >= 0.3 is 0 Å². The van der Waals surface area contributed by atoms with Crippen molar-refractivity contribution < 1.29 is 4.74 Å². The standard InChI is InChI=1S/C54H48O/c1-51(2,3)36-25-27-39-40-28-26-37(52(4,5)6)32-46(40)54(45(39)31-36)42-16-10-9-14-41(42)50-38(15-13-18-44(50)54)34-22-20-33(21-23-34)35-24-29-49-47(30-35)53(7,8)43-17-11-12-19-48(43)55-49/h9-32H,1-8H3. The monoisotopic (exact) mass is 712 g/mol. The van der Waals surface area contributed by atoms with E-state index in [4.69, 9.17) is 4.74 Å². The predicted octanol–water partition coefficient (Wildman–Crippen LogP) is 14.4. The summed E-state index contributed by atoms with van der Waals surface area (Å²) < 4.78 is 6.38. The average molecular weight is 713 g/mol. The molecule has 0 unspecified atom stereocenters. The summed E-state index contributed by atoms with van der Waals surface area (Å²) in [4.78, 5) is 0. The molecule has 0 amide bonds. The summed E-state index contributed by atoms with van der Waals surface area (Å²) in [5.41, 5.74) is 20.5. The molecule has 1 heterocycles. The zero-order valence-electron chi connectivity index (χ0n) is 33.3. The second kappa shape index (κ2) is 11.4. The molecule has 7 aromatic carbocycles. The van der Waals surface area contributed by atoms with Crippen LogP contribution in [0.25, 0.3) is 44.5 Å². The lowest BCUT2D eigenvalue weighted by atomic mass is 9.68. The largest absolute Gasteiger partial charge is 0.457 e. The molecule has 0 bridgehead atoms. The topological polar surface area (TPSA) is 9.23 Å². The second-order valence-corrected chi connectivity index (χ2v) is 18.6. The maximum absolute atomic E-state index is 6.38. The molecular formula is C54H48O. The van der Waals surface area contributed by atoms with Gasteiger partial charge in [0.05, 0.1) is 5.41 Å². The third kappa shape index (κ3) is 4.78. The lowest BCUT2D eigenvalue weighted by Crippen LogP contribution is -2.27. The first-order chi connectivity index (χ1) is 26.3. The molecule has 2 aliphatic carbocycles. The highest BCUT2D eigenvalue weighted by molar-refractivity contribution is 6.00. The molecule has 55 heavy (non-hydrogen) atoms. The molecule has 0 radical (unpaired) electrons. The minimum absolute atomic E-state index is 0.0252. The molecule has 0 saturated heterocycles. The Balaban J connectivity index is 1.14. The molecule has 0 saturated carbocycles. The van der Waals surface area contributed by atoms with Gasteiger partial charge in [-0.15, -0.1) is 0 Å². The van der Waals surface area contributed by atoms with Crippen LogP contribution in [0.15, 0.2) is 146 Å². The Morgan fingerprint density at radius 2 is 0.909 bits per heavy atom.